The van der Waals surface area contributed by atoms with Crippen LogP contribution in [0.4, 0.5) is 0 Å². The molecule has 0 heterocycles. The van der Waals surface area contributed by atoms with E-state index in [4.69, 9.17) is 10.5 Å². The lowest BCUT2D eigenvalue weighted by Crippen LogP contribution is -2.32. The molecule has 2 rings (SSSR count). The maximum Gasteiger partial charge on any atom is 0.258 e. The summed E-state index contributed by atoms with van der Waals surface area (Å²) < 4.78 is 5.54. The van der Waals surface area contributed by atoms with Crippen molar-refractivity contribution in [2.45, 2.75) is 19.4 Å². The fourth-order valence-corrected chi connectivity index (χ4v) is 1.86. The molecule has 0 aliphatic rings. The zero-order chi connectivity index (χ0) is 13.7. The van der Waals surface area contributed by atoms with Crippen LogP contribution in [0.15, 0.2) is 54.6 Å². The van der Waals surface area contributed by atoms with Crippen molar-refractivity contribution in [3.05, 3.63) is 54.6 Å². The van der Waals surface area contributed by atoms with Crippen LogP contribution < -0.4 is 10.5 Å². The van der Waals surface area contributed by atoms with E-state index < -0.39 is 12.0 Å². The molecule has 2 aromatic rings. The molecule has 3 heteroatoms. The molecule has 19 heavy (non-hydrogen) atoms. The Morgan fingerprint density at radius 3 is 2.16 bits per heavy atom. The van der Waals surface area contributed by atoms with Crippen LogP contribution >= 0.6 is 0 Å². The van der Waals surface area contributed by atoms with Crippen LogP contribution in [0.5, 0.6) is 5.75 Å². The first-order valence-electron chi connectivity index (χ1n) is 6.32. The number of primary amides is 1. The van der Waals surface area contributed by atoms with Gasteiger partial charge in [0.2, 0.25) is 0 Å². The molecule has 0 radical (unpaired) electrons. The van der Waals surface area contributed by atoms with Gasteiger partial charge in [-0.2, -0.15) is 0 Å². The van der Waals surface area contributed by atoms with Crippen LogP contribution in [0.1, 0.15) is 13.3 Å². The predicted molar refractivity (Wildman–Crippen MR) is 75.8 cm³/mol. The van der Waals surface area contributed by atoms with Crippen molar-refractivity contribution in [1.29, 1.82) is 0 Å². The molecular formula is C16H17NO2. The van der Waals surface area contributed by atoms with Crippen molar-refractivity contribution >= 4 is 5.91 Å². The van der Waals surface area contributed by atoms with E-state index in [0.717, 1.165) is 11.1 Å². The lowest BCUT2D eigenvalue weighted by Gasteiger charge is -2.14. The molecule has 1 atom stereocenters. The summed E-state index contributed by atoms with van der Waals surface area (Å²) in [7, 11) is 0. The molecule has 0 saturated heterocycles. The van der Waals surface area contributed by atoms with E-state index in [-0.39, 0.29) is 0 Å². The summed E-state index contributed by atoms with van der Waals surface area (Å²) in [6.45, 7) is 1.87. The minimum atomic E-state index is -0.567. The van der Waals surface area contributed by atoms with E-state index in [1.807, 2.05) is 61.5 Å². The van der Waals surface area contributed by atoms with Gasteiger partial charge in [-0.1, -0.05) is 49.4 Å². The second-order valence-electron chi connectivity index (χ2n) is 4.31. The van der Waals surface area contributed by atoms with Crippen LogP contribution in [-0.2, 0) is 4.79 Å². The maximum atomic E-state index is 11.1. The lowest BCUT2D eigenvalue weighted by molar-refractivity contribution is -0.124. The van der Waals surface area contributed by atoms with E-state index in [9.17, 15) is 4.79 Å². The number of nitrogens with two attached hydrogens (primary N) is 1. The van der Waals surface area contributed by atoms with Gasteiger partial charge in [0, 0.05) is 0 Å². The fourth-order valence-electron chi connectivity index (χ4n) is 1.86. The topological polar surface area (TPSA) is 52.3 Å². The first-order valence-corrected chi connectivity index (χ1v) is 6.32. The number of carbonyl (C=O) groups is 1. The SMILES string of the molecule is CCC(Oc1ccc(-c2ccccc2)cc1)C(N)=O. The van der Waals surface area contributed by atoms with E-state index >= 15 is 0 Å². The number of hydrogen-bond donors (Lipinski definition) is 1. The Bertz CT molecular complexity index is 534. The molecule has 1 amide bonds. The van der Waals surface area contributed by atoms with Gasteiger partial charge in [-0.3, -0.25) is 4.79 Å². The Morgan fingerprint density at radius 2 is 1.63 bits per heavy atom. The molecule has 0 aliphatic carbocycles. The van der Waals surface area contributed by atoms with Crippen molar-refractivity contribution in [2.24, 2.45) is 5.73 Å². The summed E-state index contributed by atoms with van der Waals surface area (Å²) >= 11 is 0. The Balaban J connectivity index is 2.13. The van der Waals surface area contributed by atoms with E-state index in [1.165, 1.54) is 0 Å². The molecule has 0 aromatic heterocycles. The second kappa shape index (κ2) is 6.05. The van der Waals surface area contributed by atoms with Crippen molar-refractivity contribution in [3.8, 4) is 16.9 Å². The van der Waals surface area contributed by atoms with Crippen LogP contribution in [0.25, 0.3) is 11.1 Å². The highest BCUT2D eigenvalue weighted by atomic mass is 16.5. The van der Waals surface area contributed by atoms with Gasteiger partial charge < -0.3 is 10.5 Å². The van der Waals surface area contributed by atoms with Gasteiger partial charge in [-0.05, 0) is 29.7 Å². The Morgan fingerprint density at radius 1 is 1.05 bits per heavy atom. The number of ether oxygens (including phenoxy) is 1. The van der Waals surface area contributed by atoms with Crippen molar-refractivity contribution in [2.75, 3.05) is 0 Å². The van der Waals surface area contributed by atoms with Gasteiger partial charge in [0.05, 0.1) is 0 Å². The third-order valence-corrected chi connectivity index (χ3v) is 2.93. The van der Waals surface area contributed by atoms with Gasteiger partial charge in [-0.25, -0.2) is 0 Å². The summed E-state index contributed by atoms with van der Waals surface area (Å²) in [5.74, 6) is 0.222. The normalized spacial score (nSPS) is 11.8. The lowest BCUT2D eigenvalue weighted by atomic mass is 10.1. The smallest absolute Gasteiger partial charge is 0.258 e. The molecule has 98 valence electrons. The van der Waals surface area contributed by atoms with Gasteiger partial charge in [-0.15, -0.1) is 0 Å². The Kier molecular flexibility index (Phi) is 4.18. The molecule has 0 spiro atoms. The maximum absolute atomic E-state index is 11.1. The molecule has 0 saturated carbocycles. The van der Waals surface area contributed by atoms with Gasteiger partial charge in [0.25, 0.3) is 5.91 Å². The molecule has 0 fully saturated rings. The number of benzene rings is 2. The van der Waals surface area contributed by atoms with E-state index in [2.05, 4.69) is 0 Å². The van der Waals surface area contributed by atoms with Crippen molar-refractivity contribution in [3.63, 3.8) is 0 Å². The summed E-state index contributed by atoms with van der Waals surface area (Å²) in [6, 6.07) is 17.7. The van der Waals surface area contributed by atoms with Gasteiger partial charge in [0.15, 0.2) is 6.10 Å². The average molecular weight is 255 g/mol. The number of hydrogen-bond acceptors (Lipinski definition) is 2. The molecular weight excluding hydrogens is 238 g/mol. The first kappa shape index (κ1) is 13.1. The highest BCUT2D eigenvalue weighted by Crippen LogP contribution is 2.22. The summed E-state index contributed by atoms with van der Waals surface area (Å²) in [6.07, 6.45) is -0.00181. The molecule has 2 aromatic carbocycles. The largest absolute Gasteiger partial charge is 0.481 e. The molecule has 1 unspecified atom stereocenters. The van der Waals surface area contributed by atoms with Crippen LogP contribution in [0.3, 0.4) is 0 Å². The second-order valence-corrected chi connectivity index (χ2v) is 4.31. The summed E-state index contributed by atoms with van der Waals surface area (Å²) in [5.41, 5.74) is 7.51. The van der Waals surface area contributed by atoms with Gasteiger partial charge >= 0.3 is 0 Å². The number of amides is 1. The highest BCUT2D eigenvalue weighted by molar-refractivity contribution is 5.79. The third kappa shape index (κ3) is 3.35. The monoisotopic (exact) mass is 255 g/mol. The van der Waals surface area contributed by atoms with Crippen LogP contribution in [0, 0.1) is 0 Å². The van der Waals surface area contributed by atoms with Crippen molar-refractivity contribution in [1.82, 2.24) is 0 Å². The Hall–Kier alpha value is -2.29. The van der Waals surface area contributed by atoms with Crippen LogP contribution in [-0.4, -0.2) is 12.0 Å². The molecule has 2 N–H and O–H groups in total. The Labute approximate surface area is 113 Å². The third-order valence-electron chi connectivity index (χ3n) is 2.93. The van der Waals surface area contributed by atoms with E-state index in [1.54, 1.807) is 0 Å². The zero-order valence-electron chi connectivity index (χ0n) is 10.9. The minimum absolute atomic E-state index is 0.436. The predicted octanol–water partition coefficient (Wildman–Crippen LogP) is 3.00. The first-order chi connectivity index (χ1) is 9.20. The number of rotatable bonds is 5. The van der Waals surface area contributed by atoms with Gasteiger partial charge in [0.1, 0.15) is 5.75 Å². The minimum Gasteiger partial charge on any atom is -0.481 e. The fraction of sp³-hybridized carbons (Fsp3) is 0.188. The standard InChI is InChI=1S/C16H17NO2/c1-2-15(16(17)18)19-14-10-8-13(9-11-14)12-6-4-3-5-7-12/h3-11,15H,2H2,1H3,(H2,17,18). The zero-order valence-corrected chi connectivity index (χ0v) is 10.9. The van der Waals surface area contributed by atoms with Crippen molar-refractivity contribution < 1.29 is 9.53 Å². The average Bonchev–Trinajstić information content (AvgIpc) is 2.46. The molecule has 3 nitrogen and oxygen atoms in total. The van der Waals surface area contributed by atoms with Crippen LogP contribution in [0.2, 0.25) is 0 Å². The summed E-state index contributed by atoms with van der Waals surface area (Å²) in [5, 5.41) is 0. The quantitative estimate of drug-likeness (QED) is 0.893. The summed E-state index contributed by atoms with van der Waals surface area (Å²) in [4.78, 5) is 11.1. The number of carbonyl (C=O) groups excluding carboxylic acids is 1. The molecule has 0 aliphatic heterocycles. The van der Waals surface area contributed by atoms with E-state index in [0.29, 0.717) is 12.2 Å². The molecule has 0 bridgehead atoms. The highest BCUT2D eigenvalue weighted by Gasteiger charge is 2.14.